The van der Waals surface area contributed by atoms with Crippen molar-refractivity contribution in [2.24, 2.45) is 0 Å². The quantitative estimate of drug-likeness (QED) is 0.257. The number of benzene rings is 4. The Morgan fingerprint density at radius 2 is 1.52 bits per heavy atom. The van der Waals surface area contributed by atoms with Gasteiger partial charge in [0.05, 0.1) is 11.2 Å². The number of nitrogens with zero attached hydrogens (tertiary/aromatic N) is 3. The molecule has 1 aliphatic heterocycles. The summed E-state index contributed by atoms with van der Waals surface area (Å²) in [4.78, 5) is 41.4. The summed E-state index contributed by atoms with van der Waals surface area (Å²) in [5.41, 5.74) is 2.09. The van der Waals surface area contributed by atoms with E-state index in [0.29, 0.717) is 55.2 Å². The number of carboxylic acid groups (broad SMARTS) is 1. The van der Waals surface area contributed by atoms with Crippen molar-refractivity contribution in [1.82, 2.24) is 9.47 Å². The van der Waals surface area contributed by atoms with Crippen molar-refractivity contribution in [3.63, 3.8) is 0 Å². The molecule has 2 heterocycles. The number of fused-ring (bicyclic) bond motifs is 1. The van der Waals surface area contributed by atoms with Gasteiger partial charge in [0.25, 0.3) is 5.91 Å². The average Bonchev–Trinajstić information content (AvgIpc) is 3.03. The van der Waals surface area contributed by atoms with E-state index in [9.17, 15) is 23.9 Å². The topological polar surface area (TPSA) is 94.9 Å². The normalized spacial score (nSPS) is 13.6. The number of anilines is 2. The molecule has 1 amide bonds. The minimum atomic E-state index is -1.43. The fraction of sp³-hybridized carbons (Fsp3) is 0.147. The molecule has 44 heavy (non-hydrogen) atoms. The molecule has 0 aliphatic carbocycles. The Bertz CT molecular complexity index is 1900. The molecule has 0 unspecified atom stereocenters. The third-order valence-corrected chi connectivity index (χ3v) is 7.77. The molecule has 6 rings (SSSR count). The first-order chi connectivity index (χ1) is 21.3. The van der Waals surface area contributed by atoms with Gasteiger partial charge in [-0.05, 0) is 66.2 Å². The predicted octanol–water partition coefficient (Wildman–Crippen LogP) is 5.54. The zero-order valence-corrected chi connectivity index (χ0v) is 23.5. The lowest BCUT2D eigenvalue weighted by atomic mass is 10.1. The van der Waals surface area contributed by atoms with Gasteiger partial charge in [-0.3, -0.25) is 14.5 Å². The number of nitrogens with one attached hydrogen (secondary N) is 1. The van der Waals surface area contributed by atoms with Crippen LogP contribution in [0.25, 0.3) is 16.6 Å². The van der Waals surface area contributed by atoms with Gasteiger partial charge >= 0.3 is 5.97 Å². The van der Waals surface area contributed by atoms with Crippen molar-refractivity contribution in [3.05, 3.63) is 136 Å². The van der Waals surface area contributed by atoms with E-state index in [2.05, 4.69) is 10.2 Å². The number of carboxylic acids is 1. The van der Waals surface area contributed by atoms with Crippen molar-refractivity contribution in [1.29, 1.82) is 0 Å². The average molecular weight is 595 g/mol. The fourth-order valence-corrected chi connectivity index (χ4v) is 5.44. The number of hydrogen-bond acceptors (Lipinski definition) is 5. The third-order valence-electron chi connectivity index (χ3n) is 7.77. The van der Waals surface area contributed by atoms with Crippen LogP contribution in [0.2, 0.25) is 0 Å². The highest BCUT2D eigenvalue weighted by molar-refractivity contribution is 6.04. The standard InChI is InChI=1S/C34H28F2N4O4/c35-24-10-12-26(13-11-24)40-21-28(34(43)44)32(41)27-18-29(36)31(19-30(27)40)39-16-14-38(15-17-39)20-22-6-8-23(9-7-22)33(42)37-25-4-2-1-3-5-25/h1-13,18-19,21H,14-17,20H2,(H,37,42)(H,43,44). The fourth-order valence-electron chi connectivity index (χ4n) is 5.44. The van der Waals surface area contributed by atoms with Crippen LogP contribution in [-0.2, 0) is 6.54 Å². The second-order valence-electron chi connectivity index (χ2n) is 10.6. The van der Waals surface area contributed by atoms with Crippen LogP contribution in [0.4, 0.5) is 20.2 Å². The Balaban J connectivity index is 1.18. The number of halogens is 2. The molecule has 1 aromatic heterocycles. The Kier molecular flexibility index (Phi) is 7.91. The Morgan fingerprint density at radius 1 is 0.841 bits per heavy atom. The summed E-state index contributed by atoms with van der Waals surface area (Å²) in [6.07, 6.45) is 1.19. The molecule has 1 saturated heterocycles. The molecule has 1 aliphatic rings. The number of aromatic nitrogens is 1. The first-order valence-corrected chi connectivity index (χ1v) is 14.1. The van der Waals surface area contributed by atoms with Crippen LogP contribution in [0.1, 0.15) is 26.3 Å². The van der Waals surface area contributed by atoms with E-state index in [-0.39, 0.29) is 11.3 Å². The number of piperazine rings is 1. The van der Waals surface area contributed by atoms with Crippen molar-refractivity contribution in [3.8, 4) is 5.69 Å². The van der Waals surface area contributed by atoms with Crippen LogP contribution in [0, 0.1) is 11.6 Å². The first kappa shape index (κ1) is 28.8. The number of pyridine rings is 1. The van der Waals surface area contributed by atoms with Crippen LogP contribution in [0.15, 0.2) is 102 Å². The summed E-state index contributed by atoms with van der Waals surface area (Å²) in [6, 6.07) is 24.7. The van der Waals surface area contributed by atoms with E-state index in [1.807, 2.05) is 47.4 Å². The Labute approximate surface area is 251 Å². The first-order valence-electron chi connectivity index (χ1n) is 14.1. The van der Waals surface area contributed by atoms with Gasteiger partial charge in [-0.1, -0.05) is 30.3 Å². The van der Waals surface area contributed by atoms with Gasteiger partial charge < -0.3 is 19.9 Å². The molecule has 0 spiro atoms. The molecule has 0 bridgehead atoms. The van der Waals surface area contributed by atoms with Gasteiger partial charge in [0, 0.05) is 61.2 Å². The molecule has 1 fully saturated rings. The van der Waals surface area contributed by atoms with Gasteiger partial charge in [0.2, 0.25) is 5.43 Å². The summed E-state index contributed by atoms with van der Waals surface area (Å²) in [6.45, 7) is 3.01. The maximum atomic E-state index is 15.5. The van der Waals surface area contributed by atoms with Gasteiger partial charge in [-0.15, -0.1) is 0 Å². The van der Waals surface area contributed by atoms with E-state index in [1.54, 1.807) is 18.2 Å². The molecule has 2 N–H and O–H groups in total. The Morgan fingerprint density at radius 3 is 2.18 bits per heavy atom. The largest absolute Gasteiger partial charge is 0.477 e. The van der Waals surface area contributed by atoms with Gasteiger partial charge in [-0.25, -0.2) is 13.6 Å². The highest BCUT2D eigenvalue weighted by Gasteiger charge is 2.23. The Hall–Kier alpha value is -5.35. The van der Waals surface area contributed by atoms with E-state index in [1.165, 1.54) is 35.0 Å². The maximum Gasteiger partial charge on any atom is 0.341 e. The molecule has 8 nitrogen and oxygen atoms in total. The lowest BCUT2D eigenvalue weighted by Gasteiger charge is -2.36. The zero-order valence-electron chi connectivity index (χ0n) is 23.5. The highest BCUT2D eigenvalue weighted by atomic mass is 19.1. The molecule has 5 aromatic rings. The summed E-state index contributed by atoms with van der Waals surface area (Å²) in [5.74, 6) is -2.71. The van der Waals surface area contributed by atoms with Crippen molar-refractivity contribution in [2.75, 3.05) is 36.4 Å². The highest BCUT2D eigenvalue weighted by Crippen LogP contribution is 2.28. The SMILES string of the molecule is O=C(Nc1ccccc1)c1ccc(CN2CCN(c3cc4c(cc3F)c(=O)c(C(=O)O)cn4-c3ccc(F)cc3)CC2)cc1. The van der Waals surface area contributed by atoms with Gasteiger partial charge in [0.1, 0.15) is 17.2 Å². The lowest BCUT2D eigenvalue weighted by molar-refractivity contribution is 0.0694. The van der Waals surface area contributed by atoms with E-state index in [4.69, 9.17) is 0 Å². The number of amides is 1. The molecule has 222 valence electrons. The predicted molar refractivity (Wildman–Crippen MR) is 165 cm³/mol. The van der Waals surface area contributed by atoms with E-state index >= 15 is 4.39 Å². The minimum Gasteiger partial charge on any atom is -0.477 e. The van der Waals surface area contributed by atoms with Crippen molar-refractivity contribution >= 4 is 34.2 Å². The number of rotatable bonds is 7. The maximum absolute atomic E-state index is 15.5. The van der Waals surface area contributed by atoms with E-state index < -0.39 is 28.6 Å². The second kappa shape index (κ2) is 12.1. The third kappa shape index (κ3) is 5.93. The lowest BCUT2D eigenvalue weighted by Crippen LogP contribution is -2.46. The molecule has 0 atom stereocenters. The number of aromatic carboxylic acids is 1. The molecule has 0 radical (unpaired) electrons. The van der Waals surface area contributed by atoms with Crippen LogP contribution in [0.3, 0.4) is 0 Å². The molecule has 0 saturated carbocycles. The number of para-hydroxylation sites is 1. The smallest absolute Gasteiger partial charge is 0.341 e. The molecular formula is C34H28F2N4O4. The zero-order chi connectivity index (χ0) is 30.8. The number of hydrogen-bond donors (Lipinski definition) is 2. The van der Waals surface area contributed by atoms with Crippen LogP contribution in [-0.4, -0.2) is 52.6 Å². The number of carbonyl (C=O) groups excluding carboxylic acids is 1. The molecule has 4 aromatic carbocycles. The summed E-state index contributed by atoms with van der Waals surface area (Å²) in [7, 11) is 0. The summed E-state index contributed by atoms with van der Waals surface area (Å²) < 4.78 is 30.5. The number of carbonyl (C=O) groups is 2. The van der Waals surface area contributed by atoms with Crippen LogP contribution < -0.4 is 15.6 Å². The van der Waals surface area contributed by atoms with Gasteiger partial charge in [0.15, 0.2) is 0 Å². The summed E-state index contributed by atoms with van der Waals surface area (Å²) >= 11 is 0. The second-order valence-corrected chi connectivity index (χ2v) is 10.6. The van der Waals surface area contributed by atoms with Crippen molar-refractivity contribution < 1.29 is 23.5 Å². The minimum absolute atomic E-state index is 0.0741. The monoisotopic (exact) mass is 594 g/mol. The summed E-state index contributed by atoms with van der Waals surface area (Å²) in [5, 5.41) is 12.4. The van der Waals surface area contributed by atoms with Crippen molar-refractivity contribution in [2.45, 2.75) is 6.54 Å². The van der Waals surface area contributed by atoms with Crippen LogP contribution in [0.5, 0.6) is 0 Å². The molecule has 10 heteroatoms. The van der Waals surface area contributed by atoms with Gasteiger partial charge in [-0.2, -0.15) is 0 Å². The molecular weight excluding hydrogens is 566 g/mol. The van der Waals surface area contributed by atoms with Crippen LogP contribution >= 0.6 is 0 Å². The van der Waals surface area contributed by atoms with E-state index in [0.717, 1.165) is 17.3 Å².